The van der Waals surface area contributed by atoms with Gasteiger partial charge in [-0.05, 0) is 37.1 Å². The van der Waals surface area contributed by atoms with Gasteiger partial charge in [0.05, 0.1) is 11.2 Å². The van der Waals surface area contributed by atoms with Crippen molar-refractivity contribution in [2.75, 3.05) is 0 Å². The number of primary amides is 1. The number of rotatable bonds is 3. The maximum atomic E-state index is 11.5. The molecule has 1 aliphatic carbocycles. The molecule has 1 saturated carbocycles. The van der Waals surface area contributed by atoms with Gasteiger partial charge in [0.2, 0.25) is 5.91 Å². The fraction of sp³-hybridized carbons (Fsp3) is 0.316. The lowest BCUT2D eigenvalue weighted by molar-refractivity contribution is 0.100. The van der Waals surface area contributed by atoms with Gasteiger partial charge in [-0.3, -0.25) is 4.79 Å². The molecule has 0 saturated heterocycles. The van der Waals surface area contributed by atoms with E-state index in [0.717, 1.165) is 16.7 Å². The molecule has 0 aliphatic heterocycles. The van der Waals surface area contributed by atoms with Gasteiger partial charge >= 0.3 is 0 Å². The lowest BCUT2D eigenvalue weighted by Gasteiger charge is -2.22. The molecule has 0 unspecified atom stereocenters. The van der Waals surface area contributed by atoms with Gasteiger partial charge in [0.1, 0.15) is 0 Å². The SMILES string of the molecule is NC(=O)c1ccc2c(C3CCCCC3)n(-c3ccccn3)nc2c1. The molecule has 1 amide bonds. The highest BCUT2D eigenvalue weighted by molar-refractivity contribution is 5.97. The molecule has 2 N–H and O–H groups in total. The van der Waals surface area contributed by atoms with Crippen LogP contribution in [0.3, 0.4) is 0 Å². The van der Waals surface area contributed by atoms with Crippen LogP contribution in [0.15, 0.2) is 42.6 Å². The molecule has 0 spiro atoms. The number of pyridine rings is 1. The van der Waals surface area contributed by atoms with Gasteiger partial charge in [-0.1, -0.05) is 31.4 Å². The average molecular weight is 320 g/mol. The second-order valence-electron chi connectivity index (χ2n) is 6.42. The lowest BCUT2D eigenvalue weighted by Crippen LogP contribution is -2.12. The lowest BCUT2D eigenvalue weighted by atomic mass is 9.85. The van der Waals surface area contributed by atoms with Gasteiger partial charge < -0.3 is 5.73 Å². The minimum atomic E-state index is -0.427. The van der Waals surface area contributed by atoms with Gasteiger partial charge in [-0.25, -0.2) is 9.67 Å². The molecule has 5 nitrogen and oxygen atoms in total. The third-order valence-corrected chi connectivity index (χ3v) is 4.85. The molecular formula is C19H20N4O. The number of benzene rings is 1. The van der Waals surface area contributed by atoms with Gasteiger partial charge in [0.25, 0.3) is 0 Å². The Bertz CT molecular complexity index is 879. The highest BCUT2D eigenvalue weighted by Gasteiger charge is 2.24. The van der Waals surface area contributed by atoms with Crippen LogP contribution in [0.1, 0.15) is 54.1 Å². The standard InChI is InChI=1S/C19H20N4O/c20-19(24)14-9-10-15-16(12-14)22-23(17-8-4-5-11-21-17)18(15)13-6-2-1-3-7-13/h4-5,8-13H,1-3,6-7H2,(H2,20,24). The smallest absolute Gasteiger partial charge is 0.248 e. The van der Waals surface area contributed by atoms with Crippen molar-refractivity contribution in [1.82, 2.24) is 14.8 Å². The van der Waals surface area contributed by atoms with E-state index < -0.39 is 5.91 Å². The summed E-state index contributed by atoms with van der Waals surface area (Å²) in [5.41, 5.74) is 7.92. The molecule has 2 aromatic heterocycles. The molecule has 0 radical (unpaired) electrons. The summed E-state index contributed by atoms with van der Waals surface area (Å²) in [6, 6.07) is 11.4. The van der Waals surface area contributed by atoms with Crippen molar-refractivity contribution in [3.05, 3.63) is 53.9 Å². The molecular weight excluding hydrogens is 300 g/mol. The molecule has 0 bridgehead atoms. The molecule has 1 aromatic carbocycles. The number of nitrogens with two attached hydrogens (primary N) is 1. The molecule has 24 heavy (non-hydrogen) atoms. The van der Waals surface area contributed by atoms with Crippen molar-refractivity contribution in [3.8, 4) is 5.82 Å². The summed E-state index contributed by atoms with van der Waals surface area (Å²) in [5.74, 6) is 0.864. The second kappa shape index (κ2) is 6.07. The molecule has 1 aliphatic rings. The predicted octanol–water partition coefficient (Wildman–Crippen LogP) is 3.57. The average Bonchev–Trinajstić information content (AvgIpc) is 3.01. The Kier molecular flexibility index (Phi) is 3.76. The fourth-order valence-electron chi connectivity index (χ4n) is 3.68. The van der Waals surface area contributed by atoms with Crippen LogP contribution in [-0.2, 0) is 0 Å². The minimum Gasteiger partial charge on any atom is -0.366 e. The Hall–Kier alpha value is -2.69. The van der Waals surface area contributed by atoms with E-state index in [1.807, 2.05) is 28.9 Å². The summed E-state index contributed by atoms with van der Waals surface area (Å²) in [7, 11) is 0. The minimum absolute atomic E-state index is 0.427. The summed E-state index contributed by atoms with van der Waals surface area (Å²) >= 11 is 0. The summed E-state index contributed by atoms with van der Waals surface area (Å²) in [5, 5.41) is 5.84. The zero-order valence-electron chi connectivity index (χ0n) is 13.5. The topological polar surface area (TPSA) is 73.8 Å². The van der Waals surface area contributed by atoms with Gasteiger partial charge in [0, 0.05) is 23.1 Å². The number of hydrogen-bond acceptors (Lipinski definition) is 3. The van der Waals surface area contributed by atoms with Crippen LogP contribution in [0.2, 0.25) is 0 Å². The molecule has 4 rings (SSSR count). The van der Waals surface area contributed by atoms with E-state index in [-0.39, 0.29) is 0 Å². The highest BCUT2D eigenvalue weighted by atomic mass is 16.1. The first-order valence-corrected chi connectivity index (χ1v) is 8.48. The maximum Gasteiger partial charge on any atom is 0.248 e. The highest BCUT2D eigenvalue weighted by Crippen LogP contribution is 2.37. The van der Waals surface area contributed by atoms with Crippen molar-refractivity contribution in [3.63, 3.8) is 0 Å². The quantitative estimate of drug-likeness (QED) is 0.801. The first kappa shape index (κ1) is 14.9. The molecule has 2 heterocycles. The third-order valence-electron chi connectivity index (χ3n) is 4.85. The number of fused-ring (bicyclic) bond motifs is 1. The van der Waals surface area contributed by atoms with Crippen molar-refractivity contribution >= 4 is 16.8 Å². The van der Waals surface area contributed by atoms with Crippen LogP contribution in [0.25, 0.3) is 16.7 Å². The maximum absolute atomic E-state index is 11.5. The molecule has 122 valence electrons. The van der Waals surface area contributed by atoms with Gasteiger partial charge in [-0.15, -0.1) is 0 Å². The first-order valence-electron chi connectivity index (χ1n) is 8.48. The van der Waals surface area contributed by atoms with Crippen LogP contribution in [0.5, 0.6) is 0 Å². The van der Waals surface area contributed by atoms with Crippen LogP contribution >= 0.6 is 0 Å². The molecule has 3 aromatic rings. The number of nitrogens with zero attached hydrogens (tertiary/aromatic N) is 3. The van der Waals surface area contributed by atoms with Crippen LogP contribution in [0.4, 0.5) is 0 Å². The number of hydrogen-bond donors (Lipinski definition) is 1. The zero-order valence-corrected chi connectivity index (χ0v) is 13.5. The normalized spacial score (nSPS) is 15.7. The van der Waals surface area contributed by atoms with Gasteiger partial charge in [-0.2, -0.15) is 5.10 Å². The van der Waals surface area contributed by atoms with E-state index in [2.05, 4.69) is 4.98 Å². The van der Waals surface area contributed by atoms with E-state index in [9.17, 15) is 4.79 Å². The summed E-state index contributed by atoms with van der Waals surface area (Å²) in [6.07, 6.45) is 7.92. The molecule has 1 fully saturated rings. The van der Waals surface area contributed by atoms with Crippen LogP contribution in [0, 0.1) is 0 Å². The summed E-state index contributed by atoms with van der Waals surface area (Å²) < 4.78 is 1.95. The van der Waals surface area contributed by atoms with E-state index in [1.54, 1.807) is 18.3 Å². The second-order valence-corrected chi connectivity index (χ2v) is 6.42. The van der Waals surface area contributed by atoms with E-state index >= 15 is 0 Å². The van der Waals surface area contributed by atoms with Crippen molar-refractivity contribution in [2.45, 2.75) is 38.0 Å². The largest absolute Gasteiger partial charge is 0.366 e. The first-order chi connectivity index (χ1) is 11.7. The number of amides is 1. The number of aromatic nitrogens is 3. The van der Waals surface area contributed by atoms with Crippen molar-refractivity contribution < 1.29 is 4.79 Å². The van der Waals surface area contributed by atoms with E-state index in [0.29, 0.717) is 11.5 Å². The summed E-state index contributed by atoms with van der Waals surface area (Å²) in [4.78, 5) is 15.9. The predicted molar refractivity (Wildman–Crippen MR) is 93.2 cm³/mol. The molecule has 0 atom stereocenters. The number of carbonyl (C=O) groups is 1. The van der Waals surface area contributed by atoms with Crippen molar-refractivity contribution in [2.24, 2.45) is 5.73 Å². The van der Waals surface area contributed by atoms with Crippen LogP contribution in [-0.4, -0.2) is 20.7 Å². The Labute approximate surface area is 140 Å². The fourth-order valence-corrected chi connectivity index (χ4v) is 3.68. The molecule has 5 heteroatoms. The van der Waals surface area contributed by atoms with Crippen LogP contribution < -0.4 is 5.73 Å². The monoisotopic (exact) mass is 320 g/mol. The van der Waals surface area contributed by atoms with Crippen molar-refractivity contribution in [1.29, 1.82) is 0 Å². The Balaban J connectivity index is 1.93. The third kappa shape index (κ3) is 2.56. The zero-order chi connectivity index (χ0) is 16.5. The summed E-state index contributed by atoms with van der Waals surface area (Å²) in [6.45, 7) is 0. The Morgan fingerprint density at radius 3 is 2.67 bits per heavy atom. The Morgan fingerprint density at radius 1 is 1.12 bits per heavy atom. The van der Waals surface area contributed by atoms with E-state index in [1.165, 1.54) is 37.8 Å². The Morgan fingerprint density at radius 2 is 1.96 bits per heavy atom. The van der Waals surface area contributed by atoms with Gasteiger partial charge in [0.15, 0.2) is 5.82 Å². The van der Waals surface area contributed by atoms with E-state index in [4.69, 9.17) is 10.8 Å². The number of carbonyl (C=O) groups excluding carboxylic acids is 1.